The van der Waals surface area contributed by atoms with Crippen molar-refractivity contribution in [2.75, 3.05) is 17.1 Å². The molecule has 0 heterocycles. The molecule has 0 saturated carbocycles. The molecule has 0 radical (unpaired) electrons. The lowest BCUT2D eigenvalue weighted by atomic mass is 10.1. The molecule has 9 heteroatoms. The summed E-state index contributed by atoms with van der Waals surface area (Å²) >= 11 is 11.8. The highest BCUT2D eigenvalue weighted by Crippen LogP contribution is 2.28. The van der Waals surface area contributed by atoms with Gasteiger partial charge in [0, 0.05) is 5.71 Å². The Kier molecular flexibility index (Phi) is 7.86. The highest BCUT2D eigenvalue weighted by atomic mass is 35.5. The number of anilines is 1. The standard InChI is InChI=1S/C19H21Cl2N3O3S/c1-14(8-9-15-6-4-3-5-7-15)22-23-19(25)13-24(28(2,26)27)16-10-11-17(20)18(21)12-16/h3-7,10-12H,8-9,13H2,1-2H3,(H,23,25). The SMILES string of the molecule is CC(CCc1ccccc1)=NNC(=O)CN(c1ccc(Cl)c(Cl)c1)S(C)(=O)=O. The van der Waals surface area contributed by atoms with Crippen LogP contribution >= 0.6 is 23.2 Å². The Morgan fingerprint density at radius 2 is 1.79 bits per heavy atom. The number of hydrogen-bond acceptors (Lipinski definition) is 4. The van der Waals surface area contributed by atoms with Crippen molar-refractivity contribution in [1.29, 1.82) is 0 Å². The second-order valence-corrected chi connectivity index (χ2v) is 8.96. The third kappa shape index (κ3) is 6.82. The van der Waals surface area contributed by atoms with E-state index in [0.29, 0.717) is 11.4 Å². The van der Waals surface area contributed by atoms with Crippen molar-refractivity contribution in [3.63, 3.8) is 0 Å². The summed E-state index contributed by atoms with van der Waals surface area (Å²) in [6, 6.07) is 14.3. The molecular formula is C19H21Cl2N3O3S. The molecule has 0 aliphatic rings. The quantitative estimate of drug-likeness (QED) is 0.498. The van der Waals surface area contributed by atoms with Crippen LogP contribution in [0.1, 0.15) is 18.9 Å². The van der Waals surface area contributed by atoms with Gasteiger partial charge in [0.05, 0.1) is 22.0 Å². The van der Waals surface area contributed by atoms with Crippen molar-refractivity contribution >= 4 is 50.5 Å². The van der Waals surface area contributed by atoms with Gasteiger partial charge in [-0.3, -0.25) is 9.10 Å². The van der Waals surface area contributed by atoms with E-state index in [9.17, 15) is 13.2 Å². The van der Waals surface area contributed by atoms with E-state index >= 15 is 0 Å². The second kappa shape index (κ2) is 9.91. The molecule has 2 rings (SSSR count). The van der Waals surface area contributed by atoms with Crippen molar-refractivity contribution in [2.45, 2.75) is 19.8 Å². The van der Waals surface area contributed by atoms with Crippen LogP contribution in [0.4, 0.5) is 5.69 Å². The van der Waals surface area contributed by atoms with Crippen LogP contribution in [0.2, 0.25) is 10.0 Å². The molecule has 0 bridgehead atoms. The summed E-state index contributed by atoms with van der Waals surface area (Å²) in [6.45, 7) is 1.38. The molecule has 1 amide bonds. The number of nitrogens with zero attached hydrogens (tertiary/aromatic N) is 2. The molecule has 6 nitrogen and oxygen atoms in total. The van der Waals surface area contributed by atoms with Gasteiger partial charge in [-0.1, -0.05) is 53.5 Å². The number of halogens is 2. The van der Waals surface area contributed by atoms with Gasteiger partial charge in [-0.15, -0.1) is 0 Å². The lowest BCUT2D eigenvalue weighted by Crippen LogP contribution is -2.39. The molecule has 0 unspecified atom stereocenters. The van der Waals surface area contributed by atoms with Crippen molar-refractivity contribution in [2.24, 2.45) is 5.10 Å². The Morgan fingerprint density at radius 3 is 2.39 bits per heavy atom. The molecule has 0 atom stereocenters. The fourth-order valence-electron chi connectivity index (χ4n) is 2.39. The molecule has 0 aromatic heterocycles. The number of benzene rings is 2. The zero-order chi connectivity index (χ0) is 20.7. The van der Waals surface area contributed by atoms with Gasteiger partial charge >= 0.3 is 0 Å². The number of sulfonamides is 1. The van der Waals surface area contributed by atoms with Gasteiger partial charge in [-0.25, -0.2) is 13.8 Å². The molecule has 1 N–H and O–H groups in total. The predicted octanol–water partition coefficient (Wildman–Crippen LogP) is 3.88. The van der Waals surface area contributed by atoms with Crippen LogP contribution in [0.15, 0.2) is 53.6 Å². The van der Waals surface area contributed by atoms with Gasteiger partial charge in [-0.05, 0) is 43.5 Å². The van der Waals surface area contributed by atoms with E-state index in [-0.39, 0.29) is 10.7 Å². The summed E-state index contributed by atoms with van der Waals surface area (Å²) in [4.78, 5) is 12.2. The topological polar surface area (TPSA) is 78.8 Å². The minimum atomic E-state index is -3.71. The number of hydrazone groups is 1. The van der Waals surface area contributed by atoms with Crippen LogP contribution in [-0.2, 0) is 21.2 Å². The molecule has 0 spiro atoms. The van der Waals surface area contributed by atoms with E-state index in [0.717, 1.165) is 22.7 Å². The van der Waals surface area contributed by atoms with Crippen LogP contribution < -0.4 is 9.73 Å². The molecule has 0 fully saturated rings. The van der Waals surface area contributed by atoms with Gasteiger partial charge in [-0.2, -0.15) is 5.10 Å². The molecular weight excluding hydrogens is 421 g/mol. The highest BCUT2D eigenvalue weighted by Gasteiger charge is 2.21. The molecule has 150 valence electrons. The Morgan fingerprint density at radius 1 is 1.11 bits per heavy atom. The zero-order valence-electron chi connectivity index (χ0n) is 15.5. The zero-order valence-corrected chi connectivity index (χ0v) is 17.9. The van der Waals surface area contributed by atoms with E-state index in [2.05, 4.69) is 10.5 Å². The average Bonchev–Trinajstić information content (AvgIpc) is 2.65. The summed E-state index contributed by atoms with van der Waals surface area (Å²) in [7, 11) is -3.71. The van der Waals surface area contributed by atoms with Gasteiger partial charge in [0.1, 0.15) is 6.54 Å². The molecule has 0 saturated heterocycles. The third-order valence-electron chi connectivity index (χ3n) is 3.87. The predicted molar refractivity (Wildman–Crippen MR) is 115 cm³/mol. The summed E-state index contributed by atoms with van der Waals surface area (Å²) in [5, 5.41) is 4.54. The highest BCUT2D eigenvalue weighted by molar-refractivity contribution is 7.92. The molecule has 2 aromatic rings. The number of amides is 1. The first-order valence-corrected chi connectivity index (χ1v) is 11.1. The van der Waals surface area contributed by atoms with Crippen molar-refractivity contribution in [3.8, 4) is 0 Å². The first-order valence-electron chi connectivity index (χ1n) is 8.45. The minimum Gasteiger partial charge on any atom is -0.271 e. The second-order valence-electron chi connectivity index (χ2n) is 6.24. The average molecular weight is 442 g/mol. The minimum absolute atomic E-state index is 0.197. The maximum absolute atomic E-state index is 12.2. The maximum atomic E-state index is 12.2. The summed E-state index contributed by atoms with van der Waals surface area (Å²) in [6.07, 6.45) is 2.48. The molecule has 0 aliphatic heterocycles. The van der Waals surface area contributed by atoms with E-state index in [1.165, 1.54) is 23.8 Å². The normalized spacial score (nSPS) is 11.9. The van der Waals surface area contributed by atoms with Crippen molar-refractivity contribution < 1.29 is 13.2 Å². The van der Waals surface area contributed by atoms with Crippen LogP contribution in [0.3, 0.4) is 0 Å². The number of nitrogens with one attached hydrogen (secondary N) is 1. The monoisotopic (exact) mass is 441 g/mol. The molecule has 2 aromatic carbocycles. The fraction of sp³-hybridized carbons (Fsp3) is 0.263. The van der Waals surface area contributed by atoms with Gasteiger partial charge < -0.3 is 0 Å². The maximum Gasteiger partial charge on any atom is 0.260 e. The van der Waals surface area contributed by atoms with Crippen LogP contribution in [-0.4, -0.2) is 32.8 Å². The summed E-state index contributed by atoms with van der Waals surface area (Å²) in [5.41, 5.74) is 4.55. The number of hydrogen-bond donors (Lipinski definition) is 1. The Labute approximate surface area is 175 Å². The Bertz CT molecular complexity index is 964. The smallest absolute Gasteiger partial charge is 0.260 e. The number of carbonyl (C=O) groups excluding carboxylic acids is 1. The summed E-state index contributed by atoms with van der Waals surface area (Å²) in [5.74, 6) is -0.560. The van der Waals surface area contributed by atoms with E-state index in [4.69, 9.17) is 23.2 Å². The van der Waals surface area contributed by atoms with E-state index in [1.807, 2.05) is 30.3 Å². The largest absolute Gasteiger partial charge is 0.271 e. The lowest BCUT2D eigenvalue weighted by Gasteiger charge is -2.21. The first kappa shape index (κ1) is 22.2. The van der Waals surface area contributed by atoms with Crippen LogP contribution in [0, 0.1) is 0 Å². The fourth-order valence-corrected chi connectivity index (χ4v) is 3.53. The van der Waals surface area contributed by atoms with E-state index in [1.54, 1.807) is 6.92 Å². The molecule has 28 heavy (non-hydrogen) atoms. The van der Waals surface area contributed by atoms with E-state index < -0.39 is 22.5 Å². The van der Waals surface area contributed by atoms with Gasteiger partial charge in [0.15, 0.2) is 0 Å². The Balaban J connectivity index is 2.00. The first-order chi connectivity index (χ1) is 13.2. The van der Waals surface area contributed by atoms with Crippen molar-refractivity contribution in [3.05, 3.63) is 64.1 Å². The van der Waals surface area contributed by atoms with Crippen LogP contribution in [0.25, 0.3) is 0 Å². The lowest BCUT2D eigenvalue weighted by molar-refractivity contribution is -0.119. The van der Waals surface area contributed by atoms with Gasteiger partial charge in [0.2, 0.25) is 10.0 Å². The Hall–Kier alpha value is -2.09. The number of carbonyl (C=O) groups is 1. The summed E-state index contributed by atoms with van der Waals surface area (Å²) < 4.78 is 25.1. The third-order valence-corrected chi connectivity index (χ3v) is 5.75. The molecule has 0 aliphatic carbocycles. The van der Waals surface area contributed by atoms with Gasteiger partial charge in [0.25, 0.3) is 5.91 Å². The van der Waals surface area contributed by atoms with Crippen molar-refractivity contribution in [1.82, 2.24) is 5.43 Å². The number of aryl methyl sites for hydroxylation is 1. The number of rotatable bonds is 8. The van der Waals surface area contributed by atoms with Crippen LogP contribution in [0.5, 0.6) is 0 Å².